The molecule has 3 rings (SSSR count). The highest BCUT2D eigenvalue weighted by Gasteiger charge is 2.19. The second kappa shape index (κ2) is 6.17. The van der Waals surface area contributed by atoms with Gasteiger partial charge in [-0.2, -0.15) is 5.26 Å². The Bertz CT molecular complexity index is 993. The van der Waals surface area contributed by atoms with Crippen LogP contribution in [0.3, 0.4) is 0 Å². The largest absolute Gasteiger partial charge is 0.493 e. The standard InChI is InChI=1S/C15H13N5O3S/c1-21-10-4-8(5-11(22-2)13(10)23-3)12-9(6-16)14-17-7-18-20(14)15(24)19-12/h4-5,7H,1-3H3,(H,17,18). The monoisotopic (exact) mass is 343 g/mol. The first-order valence-corrected chi connectivity index (χ1v) is 7.22. The molecule has 2 heterocycles. The van der Waals surface area contributed by atoms with Gasteiger partial charge in [0.25, 0.3) is 0 Å². The first-order valence-electron chi connectivity index (χ1n) is 6.81. The summed E-state index contributed by atoms with van der Waals surface area (Å²) in [5.74, 6) is 1.37. The molecular weight excluding hydrogens is 330 g/mol. The fourth-order valence-corrected chi connectivity index (χ4v) is 2.66. The number of fused-ring (bicyclic) bond motifs is 1. The minimum absolute atomic E-state index is 0.255. The molecule has 0 spiro atoms. The van der Waals surface area contributed by atoms with Crippen LogP contribution in [-0.2, 0) is 0 Å². The molecule has 9 heteroatoms. The average molecular weight is 343 g/mol. The summed E-state index contributed by atoms with van der Waals surface area (Å²) in [7, 11) is 4.56. The van der Waals surface area contributed by atoms with E-state index in [2.05, 4.69) is 21.1 Å². The molecule has 8 nitrogen and oxygen atoms in total. The molecule has 0 fully saturated rings. The third-order valence-electron chi connectivity index (χ3n) is 3.49. The molecule has 1 aromatic carbocycles. The zero-order chi connectivity index (χ0) is 17.3. The minimum Gasteiger partial charge on any atom is -0.493 e. The van der Waals surface area contributed by atoms with Crippen LogP contribution < -0.4 is 14.2 Å². The number of methoxy groups -OCH3 is 3. The number of hydrogen-bond acceptors (Lipinski definition) is 7. The Labute approximate surface area is 142 Å². The summed E-state index contributed by atoms with van der Waals surface area (Å²) in [6.45, 7) is 0. The summed E-state index contributed by atoms with van der Waals surface area (Å²) in [6.07, 6.45) is 1.45. The van der Waals surface area contributed by atoms with Gasteiger partial charge in [-0.25, -0.2) is 14.5 Å². The first-order chi connectivity index (χ1) is 11.6. The average Bonchev–Trinajstić information content (AvgIpc) is 3.10. The predicted octanol–water partition coefficient (Wildman–Crippen LogP) is 2.35. The maximum atomic E-state index is 9.56. The Morgan fingerprint density at radius 1 is 1.17 bits per heavy atom. The third-order valence-corrected chi connectivity index (χ3v) is 3.77. The molecule has 0 bridgehead atoms. The molecule has 122 valence electrons. The Balaban J connectivity index is 2.36. The number of ether oxygens (including phenoxy) is 3. The van der Waals surface area contributed by atoms with E-state index in [-0.39, 0.29) is 4.77 Å². The lowest BCUT2D eigenvalue weighted by Crippen LogP contribution is -2.01. The number of aromatic nitrogens is 4. The van der Waals surface area contributed by atoms with Crippen LogP contribution >= 0.6 is 12.2 Å². The number of nitrogens with zero attached hydrogens (tertiary/aromatic N) is 4. The lowest BCUT2D eigenvalue weighted by atomic mass is 10.1. The van der Waals surface area contributed by atoms with E-state index in [0.29, 0.717) is 39.7 Å². The SMILES string of the molecule is COc1cc(-c2nc(=S)n3[nH]cnc3c2C#N)cc(OC)c1OC. The normalized spacial score (nSPS) is 10.4. The number of nitriles is 1. The molecule has 1 N–H and O–H groups in total. The van der Waals surface area contributed by atoms with Crippen molar-refractivity contribution in [1.82, 2.24) is 19.6 Å². The van der Waals surface area contributed by atoms with Gasteiger partial charge >= 0.3 is 0 Å². The summed E-state index contributed by atoms with van der Waals surface area (Å²) in [6, 6.07) is 5.55. The van der Waals surface area contributed by atoms with Crippen molar-refractivity contribution in [2.24, 2.45) is 0 Å². The van der Waals surface area contributed by atoms with E-state index >= 15 is 0 Å². The molecule has 0 saturated heterocycles. The molecule has 0 aliphatic heterocycles. The van der Waals surface area contributed by atoms with E-state index in [4.69, 9.17) is 26.4 Å². The van der Waals surface area contributed by atoms with Crippen LogP contribution in [0.4, 0.5) is 0 Å². The molecule has 3 aromatic rings. The van der Waals surface area contributed by atoms with Crippen molar-refractivity contribution >= 4 is 17.9 Å². The molecule has 0 unspecified atom stereocenters. The van der Waals surface area contributed by atoms with Gasteiger partial charge in [-0.05, 0) is 24.4 Å². The second-order valence-corrected chi connectivity index (χ2v) is 5.06. The van der Waals surface area contributed by atoms with E-state index in [1.807, 2.05) is 0 Å². The fraction of sp³-hybridized carbons (Fsp3) is 0.200. The lowest BCUT2D eigenvalue weighted by Gasteiger charge is -2.14. The van der Waals surface area contributed by atoms with Gasteiger partial charge in [-0.15, -0.1) is 0 Å². The Kier molecular flexibility index (Phi) is 4.05. The van der Waals surface area contributed by atoms with Crippen molar-refractivity contribution in [3.8, 4) is 34.6 Å². The molecule has 0 atom stereocenters. The summed E-state index contributed by atoms with van der Waals surface area (Å²) in [4.78, 5) is 8.50. The molecule has 0 saturated carbocycles. The number of nitrogens with one attached hydrogen (secondary N) is 1. The Morgan fingerprint density at radius 2 is 1.83 bits per heavy atom. The third kappa shape index (κ3) is 2.33. The van der Waals surface area contributed by atoms with Gasteiger partial charge in [-0.3, -0.25) is 5.10 Å². The van der Waals surface area contributed by atoms with Crippen LogP contribution in [0.25, 0.3) is 16.9 Å². The van der Waals surface area contributed by atoms with E-state index in [0.717, 1.165) is 0 Å². The highest BCUT2D eigenvalue weighted by Crippen LogP contribution is 2.41. The Hall–Kier alpha value is -3.12. The number of rotatable bonds is 4. The molecular formula is C15H13N5O3S. The van der Waals surface area contributed by atoms with E-state index in [1.54, 1.807) is 12.1 Å². The second-order valence-electron chi connectivity index (χ2n) is 4.69. The minimum atomic E-state index is 0.255. The summed E-state index contributed by atoms with van der Waals surface area (Å²) >= 11 is 5.26. The van der Waals surface area contributed by atoms with Gasteiger partial charge in [0.15, 0.2) is 17.1 Å². The molecule has 0 radical (unpaired) electrons. The highest BCUT2D eigenvalue weighted by molar-refractivity contribution is 7.71. The van der Waals surface area contributed by atoms with Crippen molar-refractivity contribution < 1.29 is 14.2 Å². The van der Waals surface area contributed by atoms with Crippen molar-refractivity contribution in [2.45, 2.75) is 0 Å². The Morgan fingerprint density at radius 3 is 2.38 bits per heavy atom. The number of benzene rings is 1. The van der Waals surface area contributed by atoms with Crippen molar-refractivity contribution in [2.75, 3.05) is 21.3 Å². The van der Waals surface area contributed by atoms with E-state index in [1.165, 1.54) is 32.2 Å². The molecule has 0 aliphatic rings. The fourth-order valence-electron chi connectivity index (χ4n) is 2.43. The quantitative estimate of drug-likeness (QED) is 0.726. The van der Waals surface area contributed by atoms with Crippen LogP contribution in [0.1, 0.15) is 5.56 Å². The van der Waals surface area contributed by atoms with Gasteiger partial charge in [0.1, 0.15) is 18.0 Å². The maximum absolute atomic E-state index is 9.56. The van der Waals surface area contributed by atoms with Crippen molar-refractivity contribution in [3.63, 3.8) is 0 Å². The van der Waals surface area contributed by atoms with Gasteiger partial charge < -0.3 is 14.2 Å². The predicted molar refractivity (Wildman–Crippen MR) is 88.0 cm³/mol. The van der Waals surface area contributed by atoms with Gasteiger partial charge in [0.05, 0.1) is 27.0 Å². The number of H-pyrrole nitrogens is 1. The smallest absolute Gasteiger partial charge is 0.221 e. The lowest BCUT2D eigenvalue weighted by molar-refractivity contribution is 0.324. The maximum Gasteiger partial charge on any atom is 0.221 e. The van der Waals surface area contributed by atoms with Gasteiger partial charge in [-0.1, -0.05) is 0 Å². The van der Waals surface area contributed by atoms with Gasteiger partial charge in [0.2, 0.25) is 10.5 Å². The van der Waals surface area contributed by atoms with Crippen LogP contribution in [0.2, 0.25) is 0 Å². The highest BCUT2D eigenvalue weighted by atomic mass is 32.1. The zero-order valence-electron chi connectivity index (χ0n) is 13.2. The zero-order valence-corrected chi connectivity index (χ0v) is 14.0. The molecule has 24 heavy (non-hydrogen) atoms. The summed E-state index contributed by atoms with van der Waals surface area (Å²) in [5.41, 5.74) is 1.70. The summed E-state index contributed by atoms with van der Waals surface area (Å²) in [5, 5.41) is 12.4. The first kappa shape index (κ1) is 15.8. The topological polar surface area (TPSA) is 97.5 Å². The van der Waals surface area contributed by atoms with Crippen LogP contribution in [-0.4, -0.2) is 40.9 Å². The van der Waals surface area contributed by atoms with Crippen LogP contribution in [0.15, 0.2) is 18.5 Å². The van der Waals surface area contributed by atoms with Crippen LogP contribution in [0, 0.1) is 16.1 Å². The molecule has 2 aromatic heterocycles. The van der Waals surface area contributed by atoms with E-state index in [9.17, 15) is 5.26 Å². The van der Waals surface area contributed by atoms with Crippen molar-refractivity contribution in [1.29, 1.82) is 5.26 Å². The van der Waals surface area contributed by atoms with Crippen LogP contribution in [0.5, 0.6) is 17.2 Å². The summed E-state index contributed by atoms with van der Waals surface area (Å²) < 4.78 is 17.7. The number of aromatic amines is 1. The number of hydrogen-bond donors (Lipinski definition) is 1. The van der Waals surface area contributed by atoms with E-state index < -0.39 is 0 Å². The van der Waals surface area contributed by atoms with Crippen molar-refractivity contribution in [3.05, 3.63) is 28.8 Å². The molecule has 0 amide bonds. The molecule has 0 aliphatic carbocycles. The van der Waals surface area contributed by atoms with Gasteiger partial charge in [0, 0.05) is 5.56 Å².